The number of rotatable bonds is 11. The van der Waals surface area contributed by atoms with Gasteiger partial charge in [-0.1, -0.05) is 38.5 Å². The van der Waals surface area contributed by atoms with E-state index in [1.165, 1.54) is 12.1 Å². The van der Waals surface area contributed by atoms with Gasteiger partial charge in [-0.25, -0.2) is 4.39 Å². The summed E-state index contributed by atoms with van der Waals surface area (Å²) in [4.78, 5) is 27.8. The van der Waals surface area contributed by atoms with Gasteiger partial charge in [-0.3, -0.25) is 9.59 Å². The number of amides is 2. The first-order valence-corrected chi connectivity index (χ1v) is 11.7. The Balaban J connectivity index is 1.72. The molecule has 2 amide bonds. The molecule has 2 aromatic carbocycles. The van der Waals surface area contributed by atoms with E-state index in [-0.39, 0.29) is 30.6 Å². The minimum Gasteiger partial charge on any atom is -0.486 e. The van der Waals surface area contributed by atoms with Gasteiger partial charge in [0.15, 0.2) is 11.5 Å². The lowest BCUT2D eigenvalue weighted by atomic mass is 10.1. The van der Waals surface area contributed by atoms with Crippen molar-refractivity contribution in [3.8, 4) is 11.5 Å². The highest BCUT2D eigenvalue weighted by atomic mass is 19.1. The molecule has 1 unspecified atom stereocenters. The summed E-state index contributed by atoms with van der Waals surface area (Å²) >= 11 is 0. The molecule has 0 aromatic heterocycles. The van der Waals surface area contributed by atoms with Crippen LogP contribution in [0.4, 0.5) is 4.39 Å². The number of unbranched alkanes of at least 4 members (excludes halogenated alkanes) is 1. The van der Waals surface area contributed by atoms with Crippen LogP contribution in [0.1, 0.15) is 50.7 Å². The second-order valence-electron chi connectivity index (χ2n) is 8.19. The number of halogens is 1. The molecule has 178 valence electrons. The molecule has 0 saturated heterocycles. The molecule has 7 heteroatoms. The lowest BCUT2D eigenvalue weighted by Crippen LogP contribution is -2.49. The largest absolute Gasteiger partial charge is 0.486 e. The number of hydrogen-bond acceptors (Lipinski definition) is 4. The fourth-order valence-corrected chi connectivity index (χ4v) is 3.85. The van der Waals surface area contributed by atoms with Gasteiger partial charge in [0.25, 0.3) is 0 Å². The van der Waals surface area contributed by atoms with E-state index in [1.807, 2.05) is 25.1 Å². The van der Waals surface area contributed by atoms with Crippen molar-refractivity contribution in [2.24, 2.45) is 0 Å². The molecule has 3 rings (SSSR count). The maximum atomic E-state index is 13.4. The van der Waals surface area contributed by atoms with Gasteiger partial charge in [-0.15, -0.1) is 0 Å². The molecule has 1 N–H and O–H groups in total. The van der Waals surface area contributed by atoms with Crippen LogP contribution in [0.3, 0.4) is 0 Å². The van der Waals surface area contributed by atoms with Crippen LogP contribution in [0.25, 0.3) is 0 Å². The first-order valence-electron chi connectivity index (χ1n) is 11.7. The standard InChI is InChI=1S/C26H33FN2O4/c1-3-5-14-28-26(31)22(4-2)29(18-20-6-10-21(27)11-7-20)25(30)13-9-19-8-12-23-24(17-19)33-16-15-32-23/h6-8,10-12,17,22H,3-5,9,13-16,18H2,1-2H3,(H,28,31). The van der Waals surface area contributed by atoms with Gasteiger partial charge >= 0.3 is 0 Å². The van der Waals surface area contributed by atoms with E-state index < -0.39 is 6.04 Å². The third-order valence-corrected chi connectivity index (χ3v) is 5.72. The van der Waals surface area contributed by atoms with Gasteiger partial charge < -0.3 is 19.7 Å². The molecule has 1 atom stereocenters. The van der Waals surface area contributed by atoms with Crippen molar-refractivity contribution in [2.75, 3.05) is 19.8 Å². The van der Waals surface area contributed by atoms with Crippen LogP contribution in [0, 0.1) is 5.82 Å². The molecule has 1 aliphatic rings. The Morgan fingerprint density at radius 3 is 2.42 bits per heavy atom. The number of fused-ring (bicyclic) bond motifs is 1. The van der Waals surface area contributed by atoms with Crippen molar-refractivity contribution in [1.29, 1.82) is 0 Å². The van der Waals surface area contributed by atoms with E-state index >= 15 is 0 Å². The van der Waals surface area contributed by atoms with E-state index in [9.17, 15) is 14.0 Å². The van der Waals surface area contributed by atoms with Crippen LogP contribution in [0.2, 0.25) is 0 Å². The van der Waals surface area contributed by atoms with Gasteiger partial charge in [0.05, 0.1) is 0 Å². The zero-order valence-corrected chi connectivity index (χ0v) is 19.4. The van der Waals surface area contributed by atoms with Gasteiger partial charge in [0, 0.05) is 19.5 Å². The van der Waals surface area contributed by atoms with Crippen LogP contribution in [-0.2, 0) is 22.6 Å². The monoisotopic (exact) mass is 456 g/mol. The molecule has 0 radical (unpaired) electrons. The summed E-state index contributed by atoms with van der Waals surface area (Å²) in [7, 11) is 0. The highest BCUT2D eigenvalue weighted by Crippen LogP contribution is 2.31. The van der Waals surface area contributed by atoms with Gasteiger partial charge in [-0.2, -0.15) is 0 Å². The third kappa shape index (κ3) is 6.94. The quantitative estimate of drug-likeness (QED) is 0.513. The minimum absolute atomic E-state index is 0.119. The van der Waals surface area contributed by atoms with Crippen LogP contribution in [0.15, 0.2) is 42.5 Å². The molecule has 33 heavy (non-hydrogen) atoms. The first kappa shape index (κ1) is 24.6. The second kappa shape index (κ2) is 12.2. The zero-order chi connectivity index (χ0) is 23.6. The topological polar surface area (TPSA) is 67.9 Å². The molecule has 6 nitrogen and oxygen atoms in total. The Labute approximate surface area is 195 Å². The average molecular weight is 457 g/mol. The first-order chi connectivity index (χ1) is 16.0. The van der Waals surface area contributed by atoms with Gasteiger partial charge in [0.1, 0.15) is 25.1 Å². The fraction of sp³-hybridized carbons (Fsp3) is 0.462. The van der Waals surface area contributed by atoms with Gasteiger partial charge in [0.2, 0.25) is 11.8 Å². The number of carbonyl (C=O) groups excluding carboxylic acids is 2. The lowest BCUT2D eigenvalue weighted by Gasteiger charge is -2.31. The van der Waals surface area contributed by atoms with Crippen molar-refractivity contribution in [2.45, 2.75) is 58.5 Å². The number of carbonyl (C=O) groups is 2. The van der Waals surface area contributed by atoms with E-state index in [2.05, 4.69) is 12.2 Å². The summed E-state index contributed by atoms with van der Waals surface area (Å²) in [5.41, 5.74) is 1.75. The summed E-state index contributed by atoms with van der Waals surface area (Å²) in [6, 6.07) is 11.2. The molecule has 0 fully saturated rings. The lowest BCUT2D eigenvalue weighted by molar-refractivity contribution is -0.141. The molecular formula is C26H33FN2O4. The van der Waals surface area contributed by atoms with Crippen LogP contribution in [-0.4, -0.2) is 42.5 Å². The summed E-state index contributed by atoms with van der Waals surface area (Å²) in [5, 5.41) is 2.95. The Kier molecular flexibility index (Phi) is 9.10. The minimum atomic E-state index is -0.584. The van der Waals surface area contributed by atoms with Crippen molar-refractivity contribution < 1.29 is 23.5 Å². The zero-order valence-electron chi connectivity index (χ0n) is 19.4. The molecule has 2 aromatic rings. The van der Waals surface area contributed by atoms with E-state index in [1.54, 1.807) is 17.0 Å². The van der Waals surface area contributed by atoms with Crippen molar-refractivity contribution >= 4 is 11.8 Å². The number of ether oxygens (including phenoxy) is 2. The fourth-order valence-electron chi connectivity index (χ4n) is 3.85. The normalized spacial score (nSPS) is 13.3. The SMILES string of the molecule is CCCCNC(=O)C(CC)N(Cc1ccc(F)cc1)C(=O)CCc1ccc2c(c1)OCCO2. The Morgan fingerprint density at radius 2 is 1.73 bits per heavy atom. The summed E-state index contributed by atoms with van der Waals surface area (Å²) in [6.07, 6.45) is 3.13. The maximum absolute atomic E-state index is 13.4. The molecule has 0 aliphatic carbocycles. The predicted octanol–water partition coefficient (Wildman–Crippen LogP) is 4.25. The van der Waals surface area contributed by atoms with E-state index in [0.29, 0.717) is 44.1 Å². The molecular weight excluding hydrogens is 423 g/mol. The van der Waals surface area contributed by atoms with Crippen LogP contribution >= 0.6 is 0 Å². The Bertz CT molecular complexity index is 932. The smallest absolute Gasteiger partial charge is 0.242 e. The van der Waals surface area contributed by atoms with Gasteiger partial charge in [-0.05, 0) is 54.7 Å². The van der Waals surface area contributed by atoms with Crippen molar-refractivity contribution in [1.82, 2.24) is 10.2 Å². The number of benzene rings is 2. The molecule has 0 spiro atoms. The number of nitrogens with one attached hydrogen (secondary N) is 1. The van der Waals surface area contributed by atoms with E-state index in [4.69, 9.17) is 9.47 Å². The molecule has 1 heterocycles. The summed E-state index contributed by atoms with van der Waals surface area (Å²) in [6.45, 7) is 5.83. The molecule has 0 saturated carbocycles. The highest BCUT2D eigenvalue weighted by molar-refractivity contribution is 5.87. The highest BCUT2D eigenvalue weighted by Gasteiger charge is 2.28. The summed E-state index contributed by atoms with van der Waals surface area (Å²) < 4.78 is 24.6. The van der Waals surface area contributed by atoms with Crippen molar-refractivity contribution in [3.05, 3.63) is 59.4 Å². The average Bonchev–Trinajstić information content (AvgIpc) is 2.83. The summed E-state index contributed by atoms with van der Waals surface area (Å²) in [5.74, 6) is 0.798. The van der Waals surface area contributed by atoms with E-state index in [0.717, 1.165) is 24.0 Å². The predicted molar refractivity (Wildman–Crippen MR) is 125 cm³/mol. The number of aryl methyl sites for hydroxylation is 1. The second-order valence-corrected chi connectivity index (χ2v) is 8.19. The maximum Gasteiger partial charge on any atom is 0.242 e. The Hall–Kier alpha value is -3.09. The molecule has 1 aliphatic heterocycles. The van der Waals surface area contributed by atoms with Crippen molar-refractivity contribution in [3.63, 3.8) is 0 Å². The molecule has 0 bridgehead atoms. The number of nitrogens with zero attached hydrogens (tertiary/aromatic N) is 1. The van der Waals surface area contributed by atoms with Crippen LogP contribution < -0.4 is 14.8 Å². The Morgan fingerprint density at radius 1 is 1.03 bits per heavy atom. The van der Waals surface area contributed by atoms with Crippen LogP contribution in [0.5, 0.6) is 11.5 Å². The third-order valence-electron chi connectivity index (χ3n) is 5.72. The number of hydrogen-bond donors (Lipinski definition) is 1.